The number of aromatic amines is 1. The first-order valence-corrected chi connectivity index (χ1v) is 7.56. The lowest BCUT2D eigenvalue weighted by atomic mass is 10.3. The Kier molecular flexibility index (Phi) is 4.32. The molecule has 0 saturated carbocycles. The largest absolute Gasteiger partial charge is 0.299 e. The van der Waals surface area contributed by atoms with Crippen LogP contribution in [-0.2, 0) is 0 Å². The molecular weight excluding hydrogens is 335 g/mol. The third-order valence-corrected chi connectivity index (χ3v) is 4.05. The van der Waals surface area contributed by atoms with Crippen molar-refractivity contribution in [1.29, 1.82) is 0 Å². The van der Waals surface area contributed by atoms with Crippen LogP contribution in [0.25, 0.3) is 5.69 Å². The standard InChI is InChI=1S/C16H12Cl2N4O/c1-10-15(20-19-13-9-5-8-12(17)14(13)18)16(23)22(21-10)11-6-3-2-4-7-11/h2-9,21H,1H3. The highest BCUT2D eigenvalue weighted by Crippen LogP contribution is 2.32. The summed E-state index contributed by atoms with van der Waals surface area (Å²) < 4.78 is 1.42. The molecule has 3 rings (SSSR count). The lowest BCUT2D eigenvalue weighted by Crippen LogP contribution is -2.13. The van der Waals surface area contributed by atoms with Crippen molar-refractivity contribution in [1.82, 2.24) is 9.78 Å². The number of benzene rings is 2. The molecule has 0 atom stereocenters. The van der Waals surface area contributed by atoms with Gasteiger partial charge in [0, 0.05) is 0 Å². The molecule has 23 heavy (non-hydrogen) atoms. The molecule has 0 aliphatic rings. The molecule has 1 N–H and O–H groups in total. The summed E-state index contributed by atoms with van der Waals surface area (Å²) in [6.45, 7) is 1.76. The van der Waals surface area contributed by atoms with Crippen LogP contribution < -0.4 is 5.56 Å². The molecule has 2 aromatic carbocycles. The van der Waals surface area contributed by atoms with Crippen molar-refractivity contribution in [2.75, 3.05) is 0 Å². The molecule has 1 heterocycles. The number of aryl methyl sites for hydroxylation is 1. The summed E-state index contributed by atoms with van der Waals surface area (Å²) >= 11 is 12.0. The molecule has 0 bridgehead atoms. The first-order chi connectivity index (χ1) is 11.1. The fourth-order valence-corrected chi connectivity index (χ4v) is 2.42. The van der Waals surface area contributed by atoms with E-state index >= 15 is 0 Å². The zero-order valence-electron chi connectivity index (χ0n) is 12.1. The van der Waals surface area contributed by atoms with Gasteiger partial charge in [0.1, 0.15) is 5.69 Å². The molecule has 0 saturated heterocycles. The summed E-state index contributed by atoms with van der Waals surface area (Å²) in [5, 5.41) is 11.7. The van der Waals surface area contributed by atoms with E-state index in [4.69, 9.17) is 23.2 Å². The maximum atomic E-state index is 12.5. The average molecular weight is 347 g/mol. The molecule has 1 aromatic heterocycles. The lowest BCUT2D eigenvalue weighted by Gasteiger charge is -1.99. The Balaban J connectivity index is 2.02. The highest BCUT2D eigenvalue weighted by Gasteiger charge is 2.12. The van der Waals surface area contributed by atoms with Gasteiger partial charge in [0.05, 0.1) is 21.4 Å². The van der Waals surface area contributed by atoms with Crippen LogP contribution in [0.1, 0.15) is 5.69 Å². The molecule has 0 aliphatic heterocycles. The van der Waals surface area contributed by atoms with Crippen LogP contribution >= 0.6 is 23.2 Å². The number of H-pyrrole nitrogens is 1. The quantitative estimate of drug-likeness (QED) is 0.651. The van der Waals surface area contributed by atoms with Crippen LogP contribution in [-0.4, -0.2) is 9.78 Å². The highest BCUT2D eigenvalue weighted by molar-refractivity contribution is 6.43. The second-order valence-corrected chi connectivity index (χ2v) is 5.62. The predicted octanol–water partition coefficient (Wildman–Crippen LogP) is 5.20. The molecule has 5 nitrogen and oxygen atoms in total. The number of para-hydroxylation sites is 1. The van der Waals surface area contributed by atoms with E-state index in [1.54, 1.807) is 25.1 Å². The zero-order valence-corrected chi connectivity index (χ0v) is 13.6. The van der Waals surface area contributed by atoms with Crippen LogP contribution in [0.15, 0.2) is 63.6 Å². The van der Waals surface area contributed by atoms with E-state index in [9.17, 15) is 4.79 Å². The predicted molar refractivity (Wildman–Crippen MR) is 91.8 cm³/mol. The fourth-order valence-electron chi connectivity index (χ4n) is 2.09. The normalized spacial score (nSPS) is 11.3. The van der Waals surface area contributed by atoms with E-state index in [0.717, 1.165) is 5.69 Å². The fraction of sp³-hybridized carbons (Fsp3) is 0.0625. The Bertz CT molecular complexity index is 929. The Morgan fingerprint density at radius 2 is 1.74 bits per heavy atom. The van der Waals surface area contributed by atoms with E-state index in [-0.39, 0.29) is 11.2 Å². The van der Waals surface area contributed by atoms with Gasteiger partial charge in [-0.25, -0.2) is 4.68 Å². The Labute approximate surface area is 142 Å². The summed E-state index contributed by atoms with van der Waals surface area (Å²) in [5.41, 5.74) is 1.69. The maximum absolute atomic E-state index is 12.5. The minimum Gasteiger partial charge on any atom is -0.293 e. The first kappa shape index (κ1) is 15.5. The number of halogens is 2. The number of nitrogens with one attached hydrogen (secondary N) is 1. The summed E-state index contributed by atoms with van der Waals surface area (Å²) in [4.78, 5) is 12.5. The first-order valence-electron chi connectivity index (χ1n) is 6.80. The van der Waals surface area contributed by atoms with E-state index in [1.165, 1.54) is 4.68 Å². The van der Waals surface area contributed by atoms with Gasteiger partial charge in [-0.05, 0) is 31.2 Å². The van der Waals surface area contributed by atoms with Crippen molar-refractivity contribution < 1.29 is 0 Å². The number of azo groups is 1. The van der Waals surface area contributed by atoms with Crippen molar-refractivity contribution in [2.24, 2.45) is 10.2 Å². The SMILES string of the molecule is Cc1[nH]n(-c2ccccc2)c(=O)c1N=Nc1cccc(Cl)c1Cl. The van der Waals surface area contributed by atoms with Gasteiger partial charge in [0.25, 0.3) is 5.56 Å². The second-order valence-electron chi connectivity index (χ2n) is 4.83. The summed E-state index contributed by atoms with van der Waals surface area (Å²) in [6, 6.07) is 14.3. The highest BCUT2D eigenvalue weighted by atomic mass is 35.5. The molecule has 0 spiro atoms. The average Bonchev–Trinajstić information content (AvgIpc) is 2.84. The molecule has 0 radical (unpaired) electrons. The van der Waals surface area contributed by atoms with Gasteiger partial charge in [0.15, 0.2) is 5.69 Å². The number of hydrogen-bond donors (Lipinski definition) is 1. The number of nitrogens with zero attached hydrogens (tertiary/aromatic N) is 3. The van der Waals surface area contributed by atoms with E-state index < -0.39 is 0 Å². The summed E-state index contributed by atoms with van der Waals surface area (Å²) in [7, 11) is 0. The second kappa shape index (κ2) is 6.40. The summed E-state index contributed by atoms with van der Waals surface area (Å²) in [6.07, 6.45) is 0. The Morgan fingerprint density at radius 1 is 1.00 bits per heavy atom. The topological polar surface area (TPSA) is 62.5 Å². The van der Waals surface area contributed by atoms with Gasteiger partial charge in [-0.3, -0.25) is 9.89 Å². The van der Waals surface area contributed by atoms with Crippen molar-refractivity contribution in [3.05, 3.63) is 74.6 Å². The van der Waals surface area contributed by atoms with Crippen molar-refractivity contribution in [3.8, 4) is 5.69 Å². The molecule has 7 heteroatoms. The van der Waals surface area contributed by atoms with Crippen LogP contribution in [0.5, 0.6) is 0 Å². The number of aromatic nitrogens is 2. The summed E-state index contributed by atoms with van der Waals surface area (Å²) in [5.74, 6) is 0. The minimum absolute atomic E-state index is 0.227. The molecule has 0 fully saturated rings. The van der Waals surface area contributed by atoms with E-state index in [2.05, 4.69) is 15.3 Å². The van der Waals surface area contributed by atoms with Gasteiger partial charge >= 0.3 is 0 Å². The molecule has 3 aromatic rings. The van der Waals surface area contributed by atoms with Gasteiger partial charge in [-0.15, -0.1) is 10.2 Å². The van der Waals surface area contributed by atoms with E-state index in [0.29, 0.717) is 21.4 Å². The van der Waals surface area contributed by atoms with Crippen LogP contribution in [0.2, 0.25) is 10.0 Å². The molecule has 0 amide bonds. The lowest BCUT2D eigenvalue weighted by molar-refractivity contribution is 0.835. The van der Waals surface area contributed by atoms with Gasteiger partial charge in [-0.1, -0.05) is 47.5 Å². The van der Waals surface area contributed by atoms with Gasteiger partial charge in [-0.2, -0.15) is 0 Å². The minimum atomic E-state index is -0.282. The number of rotatable bonds is 3. The van der Waals surface area contributed by atoms with Crippen LogP contribution in [0.3, 0.4) is 0 Å². The zero-order chi connectivity index (χ0) is 16.4. The van der Waals surface area contributed by atoms with Gasteiger partial charge in [0.2, 0.25) is 0 Å². The maximum Gasteiger partial charge on any atom is 0.299 e. The van der Waals surface area contributed by atoms with Gasteiger partial charge < -0.3 is 0 Å². The van der Waals surface area contributed by atoms with Crippen molar-refractivity contribution in [3.63, 3.8) is 0 Å². The van der Waals surface area contributed by atoms with Crippen LogP contribution in [0, 0.1) is 6.92 Å². The molecule has 0 aliphatic carbocycles. The van der Waals surface area contributed by atoms with Crippen LogP contribution in [0.4, 0.5) is 11.4 Å². The monoisotopic (exact) mass is 346 g/mol. The van der Waals surface area contributed by atoms with Crippen molar-refractivity contribution in [2.45, 2.75) is 6.92 Å². The third-order valence-electron chi connectivity index (χ3n) is 3.24. The van der Waals surface area contributed by atoms with Crippen molar-refractivity contribution >= 4 is 34.6 Å². The smallest absolute Gasteiger partial charge is 0.293 e. The Morgan fingerprint density at radius 3 is 2.48 bits per heavy atom. The Hall–Kier alpha value is -2.37. The third kappa shape index (κ3) is 3.06. The molecule has 116 valence electrons. The number of hydrogen-bond acceptors (Lipinski definition) is 3. The molecular formula is C16H12Cl2N4O. The molecule has 0 unspecified atom stereocenters. The van der Waals surface area contributed by atoms with E-state index in [1.807, 2.05) is 30.3 Å².